The number of ether oxygens (including phenoxy) is 1. The molecule has 2 rings (SSSR count). The summed E-state index contributed by atoms with van der Waals surface area (Å²) < 4.78 is 5.67. The third kappa shape index (κ3) is 3.72. The van der Waals surface area contributed by atoms with Crippen LogP contribution >= 0.6 is 15.9 Å². The fourth-order valence-electron chi connectivity index (χ4n) is 1.84. The normalized spacial score (nSPS) is 11.0. The van der Waals surface area contributed by atoms with Crippen LogP contribution in [0, 0.1) is 11.3 Å². The van der Waals surface area contributed by atoms with E-state index in [1.165, 1.54) is 13.2 Å². The number of allylic oxidation sites excluding steroid dienone is 1. The molecular formula is C15H15BrN6O2. The Hall–Kier alpha value is -2.86. The van der Waals surface area contributed by atoms with Crippen molar-refractivity contribution in [3.8, 4) is 17.6 Å². The summed E-state index contributed by atoms with van der Waals surface area (Å²) in [5.74, 6) is 0.797. The van der Waals surface area contributed by atoms with Crippen LogP contribution in [0.25, 0.3) is 11.6 Å². The average molecular weight is 391 g/mol. The Bertz CT molecular complexity index is 845. The summed E-state index contributed by atoms with van der Waals surface area (Å²) in [6, 6.07) is 5.12. The lowest BCUT2D eigenvalue weighted by Gasteiger charge is -2.11. The van der Waals surface area contributed by atoms with E-state index in [0.29, 0.717) is 16.0 Å². The number of hydrogen-bond donors (Lipinski definition) is 2. The van der Waals surface area contributed by atoms with Gasteiger partial charge in [0.15, 0.2) is 17.3 Å². The highest BCUT2D eigenvalue weighted by atomic mass is 79.9. The summed E-state index contributed by atoms with van der Waals surface area (Å²) in [6.45, 7) is 0. The summed E-state index contributed by atoms with van der Waals surface area (Å²) in [6.07, 6.45) is 1.57. The number of hydrogen-bond acceptors (Lipinski definition) is 8. The first-order chi connectivity index (χ1) is 11.3. The molecule has 0 atom stereocenters. The Morgan fingerprint density at radius 1 is 1.38 bits per heavy atom. The van der Waals surface area contributed by atoms with E-state index in [2.05, 4.69) is 30.9 Å². The number of nitrogen functional groups attached to an aromatic ring is 1. The molecule has 0 spiro atoms. The van der Waals surface area contributed by atoms with E-state index in [-0.39, 0.29) is 28.8 Å². The average Bonchev–Trinajstić information content (AvgIpc) is 2.53. The molecular weight excluding hydrogens is 376 g/mol. The van der Waals surface area contributed by atoms with E-state index in [1.807, 2.05) is 6.07 Å². The maximum atomic E-state index is 9.76. The first kappa shape index (κ1) is 17.5. The van der Waals surface area contributed by atoms with Crippen molar-refractivity contribution < 1.29 is 9.84 Å². The fraction of sp³-hybridized carbons (Fsp3) is 0.200. The highest BCUT2D eigenvalue weighted by Gasteiger charge is 2.13. The summed E-state index contributed by atoms with van der Waals surface area (Å²) in [5.41, 5.74) is 6.50. The van der Waals surface area contributed by atoms with Gasteiger partial charge in [-0.3, -0.25) is 0 Å². The van der Waals surface area contributed by atoms with E-state index in [1.54, 1.807) is 31.1 Å². The van der Waals surface area contributed by atoms with Gasteiger partial charge in [0.1, 0.15) is 6.07 Å². The molecule has 24 heavy (non-hydrogen) atoms. The molecule has 124 valence electrons. The number of halogens is 1. The predicted octanol–water partition coefficient (Wildman–Crippen LogP) is 2.06. The maximum Gasteiger partial charge on any atom is 0.230 e. The van der Waals surface area contributed by atoms with E-state index in [0.717, 1.165) is 0 Å². The first-order valence-electron chi connectivity index (χ1n) is 6.73. The number of nitrogens with zero attached hydrogens (tertiary/aromatic N) is 5. The van der Waals surface area contributed by atoms with Crippen molar-refractivity contribution in [3.63, 3.8) is 0 Å². The number of benzene rings is 1. The van der Waals surface area contributed by atoms with Crippen LogP contribution in [0.4, 0.5) is 11.9 Å². The summed E-state index contributed by atoms with van der Waals surface area (Å²) >= 11 is 3.34. The topological polar surface area (TPSA) is 121 Å². The van der Waals surface area contributed by atoms with Crippen LogP contribution in [-0.2, 0) is 0 Å². The molecule has 0 amide bonds. The van der Waals surface area contributed by atoms with Crippen molar-refractivity contribution in [1.82, 2.24) is 15.0 Å². The molecule has 0 fully saturated rings. The van der Waals surface area contributed by atoms with Crippen LogP contribution in [0.1, 0.15) is 11.4 Å². The molecule has 0 unspecified atom stereocenters. The number of rotatable bonds is 4. The van der Waals surface area contributed by atoms with E-state index < -0.39 is 0 Å². The number of anilines is 2. The van der Waals surface area contributed by atoms with Crippen molar-refractivity contribution in [2.45, 2.75) is 0 Å². The molecule has 2 aromatic rings. The van der Waals surface area contributed by atoms with E-state index in [9.17, 15) is 10.4 Å². The Labute approximate surface area is 147 Å². The van der Waals surface area contributed by atoms with E-state index >= 15 is 0 Å². The number of methoxy groups -OCH3 is 1. The van der Waals surface area contributed by atoms with E-state index in [4.69, 9.17) is 10.5 Å². The SMILES string of the molecule is COc1cc(C=C(C#N)c2nc(N)nc(N(C)C)n2)c(Br)cc1O. The summed E-state index contributed by atoms with van der Waals surface area (Å²) in [4.78, 5) is 13.9. The van der Waals surface area contributed by atoms with Crippen LogP contribution in [0.2, 0.25) is 0 Å². The van der Waals surface area contributed by atoms with Gasteiger partial charge >= 0.3 is 0 Å². The summed E-state index contributed by atoms with van der Waals surface area (Å²) in [7, 11) is 4.96. The lowest BCUT2D eigenvalue weighted by molar-refractivity contribution is 0.373. The van der Waals surface area contributed by atoms with Crippen molar-refractivity contribution in [2.75, 3.05) is 31.8 Å². The second kappa shape index (κ2) is 7.14. The Balaban J connectivity index is 2.57. The molecule has 0 saturated carbocycles. The standard InChI is InChI=1S/C15H15BrN6O2/c1-22(2)15-20-13(19-14(18)21-15)9(7-17)4-8-5-12(24-3)11(23)6-10(8)16/h4-6,23H,1-3H3,(H2,18,19,20,21). The van der Waals surface area contributed by atoms with Crippen molar-refractivity contribution in [3.05, 3.63) is 28.0 Å². The quantitative estimate of drug-likeness (QED) is 0.760. The molecule has 8 nitrogen and oxygen atoms in total. The second-order valence-corrected chi connectivity index (χ2v) is 5.78. The van der Waals surface area contributed by atoms with Crippen LogP contribution in [0.15, 0.2) is 16.6 Å². The van der Waals surface area contributed by atoms with Gasteiger partial charge in [-0.15, -0.1) is 0 Å². The van der Waals surface area contributed by atoms with Gasteiger partial charge in [0, 0.05) is 18.6 Å². The number of phenolic OH excluding ortho intramolecular Hbond substituents is 1. The lowest BCUT2D eigenvalue weighted by atomic mass is 10.1. The van der Waals surface area contributed by atoms with Gasteiger partial charge in [0.25, 0.3) is 0 Å². The fourth-order valence-corrected chi connectivity index (χ4v) is 2.28. The van der Waals surface area contributed by atoms with Gasteiger partial charge in [0.2, 0.25) is 11.9 Å². The largest absolute Gasteiger partial charge is 0.504 e. The molecule has 1 aromatic heterocycles. The van der Waals surface area contributed by atoms with Crippen molar-refractivity contribution in [1.29, 1.82) is 5.26 Å². The Morgan fingerprint density at radius 2 is 2.08 bits per heavy atom. The first-order valence-corrected chi connectivity index (χ1v) is 7.52. The van der Waals surface area contributed by atoms with Crippen molar-refractivity contribution >= 4 is 39.5 Å². The minimum Gasteiger partial charge on any atom is -0.504 e. The number of aromatic nitrogens is 3. The molecule has 0 bridgehead atoms. The minimum atomic E-state index is -0.0145. The molecule has 0 aliphatic carbocycles. The molecule has 0 aliphatic heterocycles. The third-order valence-electron chi connectivity index (χ3n) is 3.00. The van der Waals surface area contributed by atoms with Crippen LogP contribution < -0.4 is 15.4 Å². The van der Waals surface area contributed by atoms with Gasteiger partial charge in [-0.05, 0) is 23.8 Å². The third-order valence-corrected chi connectivity index (χ3v) is 3.69. The van der Waals surface area contributed by atoms with Gasteiger partial charge in [-0.1, -0.05) is 15.9 Å². The van der Waals surface area contributed by atoms with Gasteiger partial charge in [0.05, 0.1) is 12.7 Å². The number of phenols is 1. The second-order valence-electron chi connectivity index (χ2n) is 4.93. The zero-order chi connectivity index (χ0) is 17.9. The van der Waals surface area contributed by atoms with Gasteiger partial charge in [-0.2, -0.15) is 20.2 Å². The molecule has 0 aliphatic rings. The molecule has 1 aromatic carbocycles. The summed E-state index contributed by atoms with van der Waals surface area (Å²) in [5, 5.41) is 19.2. The Kier molecular flexibility index (Phi) is 5.21. The minimum absolute atomic E-state index is 0.0145. The van der Waals surface area contributed by atoms with Crippen LogP contribution in [0.5, 0.6) is 11.5 Å². The maximum absolute atomic E-state index is 9.76. The zero-order valence-electron chi connectivity index (χ0n) is 13.3. The molecule has 1 heterocycles. The highest BCUT2D eigenvalue weighted by Crippen LogP contribution is 2.34. The lowest BCUT2D eigenvalue weighted by Crippen LogP contribution is -2.15. The van der Waals surface area contributed by atoms with Crippen LogP contribution in [-0.4, -0.2) is 41.3 Å². The van der Waals surface area contributed by atoms with Gasteiger partial charge < -0.3 is 20.5 Å². The molecule has 0 radical (unpaired) electrons. The predicted molar refractivity (Wildman–Crippen MR) is 94.4 cm³/mol. The monoisotopic (exact) mass is 390 g/mol. The smallest absolute Gasteiger partial charge is 0.230 e. The molecule has 0 saturated heterocycles. The van der Waals surface area contributed by atoms with Gasteiger partial charge in [-0.25, -0.2) is 0 Å². The Morgan fingerprint density at radius 3 is 2.67 bits per heavy atom. The highest BCUT2D eigenvalue weighted by molar-refractivity contribution is 9.10. The molecule has 9 heteroatoms. The van der Waals surface area contributed by atoms with Crippen LogP contribution in [0.3, 0.4) is 0 Å². The number of aromatic hydroxyl groups is 1. The number of nitriles is 1. The van der Waals surface area contributed by atoms with Crippen molar-refractivity contribution in [2.24, 2.45) is 0 Å². The molecule has 3 N–H and O–H groups in total. The number of nitrogens with two attached hydrogens (primary N) is 1. The zero-order valence-corrected chi connectivity index (χ0v) is 14.9.